The van der Waals surface area contributed by atoms with Crippen LogP contribution in [0, 0.1) is 0 Å². The lowest BCUT2D eigenvalue weighted by molar-refractivity contribution is -0.135. The van der Waals surface area contributed by atoms with Crippen molar-refractivity contribution in [1.82, 2.24) is 9.80 Å². The van der Waals surface area contributed by atoms with Crippen LogP contribution in [0.15, 0.2) is 54.1 Å². The first-order valence-corrected chi connectivity index (χ1v) is 13.0. The monoisotopic (exact) mass is 554 g/mol. The minimum atomic E-state index is -0.470. The van der Waals surface area contributed by atoms with Crippen molar-refractivity contribution in [2.45, 2.75) is 35.7 Å². The summed E-state index contributed by atoms with van der Waals surface area (Å²) in [5.74, 6) is -0.210. The molecule has 168 valence electrons. The third-order valence-corrected chi connectivity index (χ3v) is 8.11. The van der Waals surface area contributed by atoms with Gasteiger partial charge in [0.15, 0.2) is 5.09 Å². The number of carbonyl (C=O) groups excluding carboxylic acids is 3. The maximum Gasteiger partial charge on any atom is 0.294 e. The molecule has 0 saturated carbocycles. The van der Waals surface area contributed by atoms with Gasteiger partial charge in [0.1, 0.15) is 12.3 Å². The summed E-state index contributed by atoms with van der Waals surface area (Å²) in [5.41, 5.74) is 0. The van der Waals surface area contributed by atoms with Gasteiger partial charge in [-0.2, -0.15) is 0 Å². The Balaban J connectivity index is 1.44. The molecule has 10 heteroatoms. The first-order chi connectivity index (χ1) is 15.4. The Hall–Kier alpha value is -1.68. The number of amides is 3. The topological polar surface area (TPSA) is 70.8 Å². The van der Waals surface area contributed by atoms with E-state index in [-0.39, 0.29) is 17.4 Å². The molecule has 0 aliphatic carbocycles. The zero-order valence-corrected chi connectivity index (χ0v) is 21.0. The van der Waals surface area contributed by atoms with E-state index < -0.39 is 11.1 Å². The number of furan rings is 1. The first-order valence-electron chi connectivity index (χ1n) is 10.2. The zero-order valence-electron chi connectivity index (χ0n) is 17.0. The van der Waals surface area contributed by atoms with Crippen molar-refractivity contribution in [2.75, 3.05) is 19.6 Å². The van der Waals surface area contributed by atoms with Gasteiger partial charge < -0.3 is 9.32 Å². The molecule has 2 fully saturated rings. The zero-order chi connectivity index (χ0) is 22.7. The molecule has 2 aliphatic heterocycles. The Morgan fingerprint density at radius 2 is 1.84 bits per heavy atom. The minimum absolute atomic E-state index is 0.183. The second kappa shape index (κ2) is 10.5. The number of hydrogen-bond acceptors (Lipinski definition) is 6. The number of nitrogens with zero attached hydrogens (tertiary/aromatic N) is 2. The maximum atomic E-state index is 12.8. The molecule has 2 aromatic rings. The molecule has 0 atom stereocenters. The lowest BCUT2D eigenvalue weighted by atomic mass is 10.2. The van der Waals surface area contributed by atoms with Crippen molar-refractivity contribution in [2.24, 2.45) is 0 Å². The van der Waals surface area contributed by atoms with Crippen LogP contribution in [0.25, 0.3) is 6.08 Å². The Labute approximate surface area is 207 Å². The summed E-state index contributed by atoms with van der Waals surface area (Å²) in [4.78, 5) is 41.8. The van der Waals surface area contributed by atoms with Crippen LogP contribution in [0.3, 0.4) is 0 Å². The van der Waals surface area contributed by atoms with Crippen LogP contribution in [0.4, 0.5) is 4.79 Å². The summed E-state index contributed by atoms with van der Waals surface area (Å²) in [6.45, 7) is 1.14. The molecule has 3 heterocycles. The maximum absolute atomic E-state index is 12.8. The summed E-state index contributed by atoms with van der Waals surface area (Å²) < 4.78 is 6.59. The fourth-order valence-electron chi connectivity index (χ4n) is 3.44. The molecule has 1 aromatic carbocycles. The predicted octanol–water partition coefficient (Wildman–Crippen LogP) is 6.29. The van der Waals surface area contributed by atoms with Gasteiger partial charge >= 0.3 is 0 Å². The van der Waals surface area contributed by atoms with Crippen LogP contribution < -0.4 is 0 Å². The van der Waals surface area contributed by atoms with E-state index in [0.29, 0.717) is 29.0 Å². The predicted molar refractivity (Wildman–Crippen MR) is 130 cm³/mol. The summed E-state index contributed by atoms with van der Waals surface area (Å²) in [6.07, 6.45) is 5.66. The van der Waals surface area contributed by atoms with Gasteiger partial charge in [0.25, 0.3) is 11.1 Å². The average molecular weight is 556 g/mol. The minimum Gasteiger partial charge on any atom is -0.449 e. The van der Waals surface area contributed by atoms with Gasteiger partial charge in [-0.15, -0.1) is 0 Å². The lowest BCUT2D eigenvalue weighted by Gasteiger charge is -2.22. The molecule has 32 heavy (non-hydrogen) atoms. The van der Waals surface area contributed by atoms with E-state index in [1.54, 1.807) is 23.1 Å². The van der Waals surface area contributed by atoms with Crippen LogP contribution in [0.5, 0.6) is 0 Å². The normalized spacial score (nSPS) is 18.5. The number of halogens is 2. The molecule has 0 spiro atoms. The van der Waals surface area contributed by atoms with E-state index in [0.717, 1.165) is 51.7 Å². The smallest absolute Gasteiger partial charge is 0.294 e. The molecule has 0 radical (unpaired) electrons. The van der Waals surface area contributed by atoms with Gasteiger partial charge in [0, 0.05) is 29.1 Å². The van der Waals surface area contributed by atoms with Gasteiger partial charge in [-0.05, 0) is 70.9 Å². The number of hydrogen-bond donors (Lipinski definition) is 0. The van der Waals surface area contributed by atoms with Gasteiger partial charge in [-0.1, -0.05) is 36.2 Å². The number of likely N-dealkylation sites (tertiary alicyclic amines) is 1. The molecule has 0 bridgehead atoms. The Morgan fingerprint density at radius 1 is 1.16 bits per heavy atom. The first kappa shape index (κ1) is 23.5. The van der Waals surface area contributed by atoms with Crippen LogP contribution in [-0.2, 0) is 9.59 Å². The van der Waals surface area contributed by atoms with Crippen molar-refractivity contribution in [3.05, 3.63) is 50.5 Å². The second-order valence-electron chi connectivity index (χ2n) is 7.40. The Morgan fingerprint density at radius 3 is 2.53 bits per heavy atom. The van der Waals surface area contributed by atoms with Crippen molar-refractivity contribution in [3.8, 4) is 0 Å². The third kappa shape index (κ3) is 5.62. The van der Waals surface area contributed by atoms with Gasteiger partial charge in [0.05, 0.1) is 9.38 Å². The fourth-order valence-corrected chi connectivity index (χ4v) is 5.71. The quantitative estimate of drug-likeness (QED) is 0.404. The Kier molecular flexibility index (Phi) is 7.70. The number of imide groups is 1. The van der Waals surface area contributed by atoms with Crippen molar-refractivity contribution >= 4 is 74.2 Å². The summed E-state index contributed by atoms with van der Waals surface area (Å²) in [6, 6.07) is 9.10. The Bertz CT molecular complexity index is 1060. The second-order valence-corrected chi connectivity index (χ2v) is 10.7. The van der Waals surface area contributed by atoms with E-state index >= 15 is 0 Å². The third-order valence-electron chi connectivity index (χ3n) is 5.10. The highest BCUT2D eigenvalue weighted by atomic mass is 79.9. The van der Waals surface area contributed by atoms with E-state index in [2.05, 4.69) is 15.9 Å². The van der Waals surface area contributed by atoms with Crippen LogP contribution in [0.2, 0.25) is 5.02 Å². The molecule has 6 nitrogen and oxygen atoms in total. The molecule has 3 amide bonds. The van der Waals surface area contributed by atoms with Crippen molar-refractivity contribution in [3.63, 3.8) is 0 Å². The van der Waals surface area contributed by atoms with E-state index in [1.807, 2.05) is 12.1 Å². The molecule has 0 N–H and O–H groups in total. The molecule has 2 saturated heterocycles. The number of benzene rings is 1. The summed E-state index contributed by atoms with van der Waals surface area (Å²) in [5, 5.41) is 0.832. The summed E-state index contributed by atoms with van der Waals surface area (Å²) in [7, 11) is 0. The van der Waals surface area contributed by atoms with Crippen LogP contribution in [-0.4, -0.2) is 46.5 Å². The largest absolute Gasteiger partial charge is 0.449 e. The highest BCUT2D eigenvalue weighted by molar-refractivity contribution is 9.10. The van der Waals surface area contributed by atoms with E-state index in [1.165, 1.54) is 17.8 Å². The molecule has 2 aliphatic rings. The molecule has 0 unspecified atom stereocenters. The summed E-state index contributed by atoms with van der Waals surface area (Å²) >= 11 is 11.6. The van der Waals surface area contributed by atoms with Gasteiger partial charge in [-0.25, -0.2) is 0 Å². The molecular weight excluding hydrogens is 536 g/mol. The van der Waals surface area contributed by atoms with Crippen LogP contribution in [0.1, 0.15) is 31.4 Å². The number of thioether (sulfide) groups is 1. The standard InChI is InChI=1S/C22H20BrClN2O4S2/c23-17-11-15(30-21(17)31-16-7-5-14(24)6-8-16)12-18-20(28)26(22(29)32-18)13-19(27)25-9-3-1-2-4-10-25/h5-8,11-12H,1-4,9-10,13H2. The number of carbonyl (C=O) groups is 3. The van der Waals surface area contributed by atoms with Gasteiger partial charge in [0.2, 0.25) is 5.91 Å². The fraction of sp³-hybridized carbons (Fsp3) is 0.318. The van der Waals surface area contributed by atoms with Crippen LogP contribution >= 0.6 is 51.1 Å². The SMILES string of the molecule is O=C(CN1C(=O)SC(=Cc2cc(Br)c(Sc3ccc(Cl)cc3)o2)C1=O)N1CCCCCC1. The average Bonchev–Trinajstić information content (AvgIpc) is 3.09. The van der Waals surface area contributed by atoms with E-state index in [4.69, 9.17) is 16.0 Å². The lowest BCUT2D eigenvalue weighted by Crippen LogP contribution is -2.42. The van der Waals surface area contributed by atoms with Crippen molar-refractivity contribution < 1.29 is 18.8 Å². The number of rotatable bonds is 5. The molecular formula is C22H20BrClN2O4S2. The van der Waals surface area contributed by atoms with Crippen molar-refractivity contribution in [1.29, 1.82) is 0 Å². The molecule has 4 rings (SSSR count). The highest BCUT2D eigenvalue weighted by Gasteiger charge is 2.37. The highest BCUT2D eigenvalue weighted by Crippen LogP contribution is 2.38. The van der Waals surface area contributed by atoms with Gasteiger partial charge in [-0.3, -0.25) is 19.3 Å². The molecule has 1 aromatic heterocycles. The van der Waals surface area contributed by atoms with E-state index in [9.17, 15) is 14.4 Å².